The lowest BCUT2D eigenvalue weighted by atomic mass is 10.1. The smallest absolute Gasteiger partial charge is 0.271 e. The number of urea groups is 1. The number of hydrazone groups is 1. The molecular weight excluding hydrogens is 460 g/mol. The monoisotopic (exact) mass is 478 g/mol. The fourth-order valence-electron chi connectivity index (χ4n) is 3.84. The number of carbonyl (C=O) groups is 4. The molecule has 3 aromatic rings. The molecule has 10 heteroatoms. The van der Waals surface area contributed by atoms with Crippen molar-refractivity contribution < 1.29 is 19.2 Å². The van der Waals surface area contributed by atoms with Gasteiger partial charge in [-0.15, -0.1) is 22.7 Å². The Balaban J connectivity index is 1.36. The molecule has 0 N–H and O–H groups in total. The third kappa shape index (κ3) is 3.98. The first kappa shape index (κ1) is 21.2. The number of carbonyl (C=O) groups excluding carboxylic acids is 4. The standard InChI is InChI=1S/C23H18N4O4S2/c28-20(14-26-22(30)21(29)25(23(26)31)13-15-6-2-1-3-7-15)27-17(19-9-5-11-33-19)12-16(24-27)18-8-4-10-32-18/h1-11,17H,12-14H2/t17-/m0/s1. The maximum atomic E-state index is 13.2. The summed E-state index contributed by atoms with van der Waals surface area (Å²) >= 11 is 3.05. The minimum absolute atomic E-state index is 0.0306. The van der Waals surface area contributed by atoms with Crippen molar-refractivity contribution in [3.8, 4) is 0 Å². The molecule has 0 bridgehead atoms. The molecule has 0 unspecified atom stereocenters. The summed E-state index contributed by atoms with van der Waals surface area (Å²) in [4.78, 5) is 54.6. The van der Waals surface area contributed by atoms with Crippen LogP contribution in [-0.4, -0.2) is 50.8 Å². The number of amides is 5. The minimum Gasteiger partial charge on any atom is -0.271 e. The number of benzene rings is 1. The number of hydrogen-bond donors (Lipinski definition) is 0. The average molecular weight is 479 g/mol. The van der Waals surface area contributed by atoms with Gasteiger partial charge in [-0.1, -0.05) is 42.5 Å². The predicted molar refractivity (Wildman–Crippen MR) is 123 cm³/mol. The summed E-state index contributed by atoms with van der Waals surface area (Å²) < 4.78 is 0. The summed E-state index contributed by atoms with van der Waals surface area (Å²) in [5, 5.41) is 9.74. The van der Waals surface area contributed by atoms with E-state index in [2.05, 4.69) is 5.10 Å². The van der Waals surface area contributed by atoms with Gasteiger partial charge < -0.3 is 0 Å². The van der Waals surface area contributed by atoms with Crippen LogP contribution in [0.4, 0.5) is 4.79 Å². The molecular formula is C23H18N4O4S2. The molecule has 0 saturated carbocycles. The molecule has 5 rings (SSSR count). The molecule has 2 aromatic heterocycles. The third-order valence-electron chi connectivity index (χ3n) is 5.46. The zero-order valence-electron chi connectivity index (χ0n) is 17.3. The number of nitrogens with zero attached hydrogens (tertiary/aromatic N) is 4. The summed E-state index contributed by atoms with van der Waals surface area (Å²) in [6, 6.07) is 15.5. The van der Waals surface area contributed by atoms with Crippen molar-refractivity contribution >= 4 is 52.1 Å². The normalized spacial score (nSPS) is 18.4. The van der Waals surface area contributed by atoms with Crippen molar-refractivity contribution in [3.05, 3.63) is 80.7 Å². The van der Waals surface area contributed by atoms with Gasteiger partial charge >= 0.3 is 17.8 Å². The first-order valence-electron chi connectivity index (χ1n) is 10.2. The second kappa shape index (κ2) is 8.72. The highest BCUT2D eigenvalue weighted by molar-refractivity contribution is 7.12. The van der Waals surface area contributed by atoms with E-state index in [0.717, 1.165) is 20.4 Å². The van der Waals surface area contributed by atoms with Crippen LogP contribution in [0.2, 0.25) is 0 Å². The first-order valence-corrected chi connectivity index (χ1v) is 12.0. The van der Waals surface area contributed by atoms with Crippen LogP contribution in [-0.2, 0) is 20.9 Å². The molecule has 4 heterocycles. The van der Waals surface area contributed by atoms with Gasteiger partial charge in [0, 0.05) is 11.3 Å². The van der Waals surface area contributed by atoms with E-state index in [1.165, 1.54) is 27.7 Å². The molecule has 1 fully saturated rings. The van der Waals surface area contributed by atoms with E-state index in [0.29, 0.717) is 16.9 Å². The number of hydrogen-bond acceptors (Lipinski definition) is 7. The van der Waals surface area contributed by atoms with E-state index in [9.17, 15) is 19.2 Å². The number of thiophene rings is 2. The Hall–Kier alpha value is -3.63. The zero-order chi connectivity index (χ0) is 22.9. The molecule has 166 valence electrons. The van der Waals surface area contributed by atoms with Gasteiger partial charge in [0.15, 0.2) is 0 Å². The van der Waals surface area contributed by atoms with Crippen LogP contribution >= 0.6 is 22.7 Å². The maximum Gasteiger partial charge on any atom is 0.335 e. The molecule has 5 amide bonds. The van der Waals surface area contributed by atoms with E-state index in [1.807, 2.05) is 41.1 Å². The van der Waals surface area contributed by atoms with E-state index in [1.54, 1.807) is 24.3 Å². The Morgan fingerprint density at radius 3 is 2.33 bits per heavy atom. The molecule has 0 radical (unpaired) electrons. The van der Waals surface area contributed by atoms with Crippen LogP contribution in [0.1, 0.15) is 27.8 Å². The topological polar surface area (TPSA) is 90.4 Å². The van der Waals surface area contributed by atoms with Crippen LogP contribution in [0.15, 0.2) is 70.5 Å². The molecule has 0 aliphatic carbocycles. The first-order chi connectivity index (χ1) is 16.0. The highest BCUT2D eigenvalue weighted by Gasteiger charge is 2.46. The van der Waals surface area contributed by atoms with E-state index in [-0.39, 0.29) is 12.6 Å². The Labute approximate surface area is 197 Å². The number of rotatable bonds is 6. The highest BCUT2D eigenvalue weighted by atomic mass is 32.1. The zero-order valence-corrected chi connectivity index (χ0v) is 18.9. The Morgan fingerprint density at radius 1 is 0.909 bits per heavy atom. The minimum atomic E-state index is -1.00. The van der Waals surface area contributed by atoms with Gasteiger partial charge in [0.2, 0.25) is 0 Å². The van der Waals surface area contributed by atoms with Gasteiger partial charge in [-0.2, -0.15) is 5.10 Å². The van der Waals surface area contributed by atoms with Crippen molar-refractivity contribution in [3.63, 3.8) is 0 Å². The molecule has 1 aromatic carbocycles. The summed E-state index contributed by atoms with van der Waals surface area (Å²) in [6.07, 6.45) is 0.535. The Morgan fingerprint density at radius 2 is 1.64 bits per heavy atom. The summed E-state index contributed by atoms with van der Waals surface area (Å²) in [6.45, 7) is -0.574. The van der Waals surface area contributed by atoms with Crippen molar-refractivity contribution in [2.24, 2.45) is 5.10 Å². The summed E-state index contributed by atoms with van der Waals surface area (Å²) in [7, 11) is 0. The van der Waals surface area contributed by atoms with Gasteiger partial charge in [-0.05, 0) is 28.5 Å². The van der Waals surface area contributed by atoms with Crippen molar-refractivity contribution in [2.45, 2.75) is 19.0 Å². The van der Waals surface area contributed by atoms with Crippen molar-refractivity contribution in [1.82, 2.24) is 14.8 Å². The second-order valence-corrected chi connectivity index (χ2v) is 9.48. The average Bonchev–Trinajstić information content (AvgIpc) is 3.62. The lowest BCUT2D eigenvalue weighted by molar-refractivity contribution is -0.145. The van der Waals surface area contributed by atoms with E-state index >= 15 is 0 Å². The molecule has 1 saturated heterocycles. The van der Waals surface area contributed by atoms with Gasteiger partial charge in [0.05, 0.1) is 23.2 Å². The van der Waals surface area contributed by atoms with Gasteiger partial charge in [-0.3, -0.25) is 19.3 Å². The maximum absolute atomic E-state index is 13.2. The molecule has 2 aliphatic rings. The molecule has 2 aliphatic heterocycles. The molecule has 1 atom stereocenters. The lowest BCUT2D eigenvalue weighted by Gasteiger charge is -2.22. The largest absolute Gasteiger partial charge is 0.335 e. The van der Waals surface area contributed by atoms with Crippen LogP contribution in [0.5, 0.6) is 0 Å². The SMILES string of the molecule is O=C1C(=O)N(Cc2ccccc2)C(=O)N1CC(=O)N1N=C(c2cccs2)C[C@H]1c1cccs1. The Bertz CT molecular complexity index is 1240. The lowest BCUT2D eigenvalue weighted by Crippen LogP contribution is -2.41. The van der Waals surface area contributed by atoms with E-state index < -0.39 is 30.3 Å². The van der Waals surface area contributed by atoms with Gasteiger partial charge in [-0.25, -0.2) is 14.7 Å². The summed E-state index contributed by atoms with van der Waals surface area (Å²) in [5.74, 6) is -2.45. The van der Waals surface area contributed by atoms with Crippen LogP contribution in [0, 0.1) is 0 Å². The predicted octanol–water partition coefficient (Wildman–Crippen LogP) is 3.48. The fraction of sp³-hybridized carbons (Fsp3) is 0.174. The third-order valence-corrected chi connectivity index (χ3v) is 7.35. The molecule has 0 spiro atoms. The fourth-order valence-corrected chi connectivity index (χ4v) is 5.37. The van der Waals surface area contributed by atoms with Crippen molar-refractivity contribution in [2.75, 3.05) is 6.54 Å². The quantitative estimate of drug-likeness (QED) is 0.401. The highest BCUT2D eigenvalue weighted by Crippen LogP contribution is 2.36. The van der Waals surface area contributed by atoms with Crippen molar-refractivity contribution in [1.29, 1.82) is 0 Å². The van der Waals surface area contributed by atoms with Crippen LogP contribution < -0.4 is 0 Å². The van der Waals surface area contributed by atoms with Gasteiger partial charge in [0.1, 0.15) is 6.54 Å². The van der Waals surface area contributed by atoms with Crippen LogP contribution in [0.3, 0.4) is 0 Å². The molecule has 33 heavy (non-hydrogen) atoms. The number of imide groups is 2. The summed E-state index contributed by atoms with van der Waals surface area (Å²) in [5.41, 5.74) is 1.49. The molecule has 8 nitrogen and oxygen atoms in total. The van der Waals surface area contributed by atoms with Gasteiger partial charge in [0.25, 0.3) is 5.91 Å². The Kier molecular flexibility index (Phi) is 5.61. The second-order valence-electron chi connectivity index (χ2n) is 7.55. The van der Waals surface area contributed by atoms with Crippen LogP contribution in [0.25, 0.3) is 0 Å². The van der Waals surface area contributed by atoms with E-state index in [4.69, 9.17) is 0 Å².